The first-order valence-corrected chi connectivity index (χ1v) is 16.7. The number of aromatic amines is 1. The Morgan fingerprint density at radius 3 is 2.18 bits per heavy atom. The molecule has 50 heavy (non-hydrogen) atoms. The Hall–Kier alpha value is -4.20. The van der Waals surface area contributed by atoms with E-state index < -0.39 is 11.7 Å². The zero-order chi connectivity index (χ0) is 37.4. The first-order chi connectivity index (χ1) is 23.1. The molecule has 2 heterocycles. The lowest BCUT2D eigenvalue weighted by atomic mass is 9.85. The molecule has 0 aliphatic heterocycles. The van der Waals surface area contributed by atoms with Crippen LogP contribution in [0.4, 0.5) is 13.2 Å². The maximum Gasteiger partial charge on any atom is 0.416 e. The summed E-state index contributed by atoms with van der Waals surface area (Å²) in [6.45, 7) is 17.8. The fourth-order valence-electron chi connectivity index (χ4n) is 4.97. The van der Waals surface area contributed by atoms with Crippen LogP contribution in [-0.4, -0.2) is 46.2 Å². The number of hydrogen-bond donors (Lipinski definition) is 5. The predicted octanol–water partition coefficient (Wildman–Crippen LogP) is 6.19. The van der Waals surface area contributed by atoms with Gasteiger partial charge < -0.3 is 32.2 Å². The van der Waals surface area contributed by atoms with Gasteiger partial charge in [-0.05, 0) is 79.3 Å². The van der Waals surface area contributed by atoms with Gasteiger partial charge in [-0.25, -0.2) is 4.79 Å². The molecule has 2 aromatic heterocycles. The number of nitrogens with one attached hydrogen (secondary N) is 2. The van der Waals surface area contributed by atoms with Crippen LogP contribution in [0.25, 0.3) is 16.7 Å². The number of nitrogens with zero attached hydrogens (tertiary/aromatic N) is 3. The highest BCUT2D eigenvalue weighted by Gasteiger charge is 2.32. The van der Waals surface area contributed by atoms with Gasteiger partial charge in [0.05, 0.1) is 24.5 Å². The molecule has 0 unspecified atom stereocenters. The first kappa shape index (κ1) is 40.2. The van der Waals surface area contributed by atoms with E-state index in [2.05, 4.69) is 54.0 Å². The molecule has 0 aliphatic carbocycles. The molecule has 274 valence electrons. The van der Waals surface area contributed by atoms with Crippen LogP contribution in [0.15, 0.2) is 64.5 Å². The molecule has 4 aromatic rings. The van der Waals surface area contributed by atoms with Crippen LogP contribution in [0.2, 0.25) is 0 Å². The Balaban J connectivity index is 0.000000295. The quantitative estimate of drug-likeness (QED) is 0.0709. The van der Waals surface area contributed by atoms with Gasteiger partial charge in [0.2, 0.25) is 0 Å². The van der Waals surface area contributed by atoms with E-state index in [1.165, 1.54) is 6.07 Å². The van der Waals surface area contributed by atoms with Crippen LogP contribution < -0.4 is 28.2 Å². The number of alkyl halides is 3. The number of ether oxygens (including phenoxy) is 1. The molecule has 0 aliphatic rings. The van der Waals surface area contributed by atoms with Crippen LogP contribution in [-0.2, 0) is 28.4 Å². The molecule has 0 saturated carbocycles. The summed E-state index contributed by atoms with van der Waals surface area (Å²) in [6, 6.07) is 14.1. The third-order valence-electron chi connectivity index (χ3n) is 7.90. The van der Waals surface area contributed by atoms with E-state index in [1.807, 2.05) is 51.2 Å². The second-order valence-electron chi connectivity index (χ2n) is 14.7. The summed E-state index contributed by atoms with van der Waals surface area (Å²) >= 11 is 0. The third kappa shape index (κ3) is 12.0. The summed E-state index contributed by atoms with van der Waals surface area (Å²) in [6.07, 6.45) is -1.65. The molecular weight excluding hydrogens is 645 g/mol. The highest BCUT2D eigenvalue weighted by atomic mass is 19.4. The number of halogens is 3. The Morgan fingerprint density at radius 1 is 0.980 bits per heavy atom. The lowest BCUT2D eigenvalue weighted by Gasteiger charge is -2.22. The number of nitrogens with two attached hydrogens (primary N) is 3. The summed E-state index contributed by atoms with van der Waals surface area (Å²) in [4.78, 5) is 24.0. The second kappa shape index (κ2) is 16.7. The van der Waals surface area contributed by atoms with Crippen LogP contribution in [0, 0.1) is 0 Å². The molecule has 2 atom stereocenters. The minimum atomic E-state index is -4.35. The zero-order valence-corrected chi connectivity index (χ0v) is 30.4. The topological polar surface area (TPSA) is 162 Å². The van der Waals surface area contributed by atoms with Crippen LogP contribution >= 0.6 is 0 Å². The van der Waals surface area contributed by atoms with Gasteiger partial charge in [-0.2, -0.15) is 18.2 Å². The van der Waals surface area contributed by atoms with Gasteiger partial charge in [-0.3, -0.25) is 9.56 Å². The number of guanidine groups is 1. The monoisotopic (exact) mass is 698 g/mol. The van der Waals surface area contributed by atoms with E-state index in [0.717, 1.165) is 41.4 Å². The molecule has 4 rings (SSSR count). The van der Waals surface area contributed by atoms with Crippen molar-refractivity contribution in [2.75, 3.05) is 19.7 Å². The van der Waals surface area contributed by atoms with E-state index in [9.17, 15) is 18.0 Å². The number of aromatic nitrogens is 3. The van der Waals surface area contributed by atoms with Crippen molar-refractivity contribution in [1.82, 2.24) is 19.9 Å². The van der Waals surface area contributed by atoms with Crippen molar-refractivity contribution in [3.63, 3.8) is 0 Å². The largest absolute Gasteiger partial charge is 0.416 e. The van der Waals surface area contributed by atoms with Gasteiger partial charge in [-0.15, -0.1) is 0 Å². The predicted molar refractivity (Wildman–Crippen MR) is 196 cm³/mol. The van der Waals surface area contributed by atoms with Crippen molar-refractivity contribution in [3.8, 4) is 5.69 Å². The molecule has 0 amide bonds. The average molecular weight is 699 g/mol. The molecule has 2 aromatic carbocycles. The van der Waals surface area contributed by atoms with E-state index in [0.29, 0.717) is 29.9 Å². The summed E-state index contributed by atoms with van der Waals surface area (Å²) in [5, 5.41) is 4.36. The third-order valence-corrected chi connectivity index (χ3v) is 7.90. The average Bonchev–Trinajstić information content (AvgIpc) is 3.43. The minimum Gasteiger partial charge on any atom is -0.375 e. The van der Waals surface area contributed by atoms with E-state index >= 15 is 0 Å². The van der Waals surface area contributed by atoms with Crippen LogP contribution in [0.3, 0.4) is 0 Å². The molecule has 0 bridgehead atoms. The molecular formula is C37H53F3N8O2. The fourth-order valence-corrected chi connectivity index (χ4v) is 4.97. The zero-order valence-electron chi connectivity index (χ0n) is 30.4. The van der Waals surface area contributed by atoms with Gasteiger partial charge in [0.15, 0.2) is 5.96 Å². The first-order valence-electron chi connectivity index (χ1n) is 16.7. The minimum absolute atomic E-state index is 0.0390. The Bertz CT molecular complexity index is 1740. The lowest BCUT2D eigenvalue weighted by molar-refractivity contribution is -0.137. The molecule has 0 fully saturated rings. The number of fused-ring (bicyclic) bond motifs is 1. The lowest BCUT2D eigenvalue weighted by Crippen LogP contribution is -2.24. The number of benzene rings is 2. The molecule has 0 radical (unpaired) electrons. The van der Waals surface area contributed by atoms with Crippen molar-refractivity contribution in [2.24, 2.45) is 22.2 Å². The van der Waals surface area contributed by atoms with Crippen molar-refractivity contribution < 1.29 is 17.9 Å². The normalized spacial score (nSPS) is 13.4. The summed E-state index contributed by atoms with van der Waals surface area (Å²) in [7, 11) is 0. The summed E-state index contributed by atoms with van der Waals surface area (Å²) in [5.74, 6) is 0.121. The highest BCUT2D eigenvalue weighted by molar-refractivity contribution is 5.76. The van der Waals surface area contributed by atoms with E-state index in [1.54, 1.807) is 17.6 Å². The maximum absolute atomic E-state index is 12.9. The van der Waals surface area contributed by atoms with Gasteiger partial charge in [0.25, 0.3) is 0 Å². The Morgan fingerprint density at radius 2 is 1.62 bits per heavy atom. The molecule has 13 heteroatoms. The fraction of sp³-hybridized carbons (Fsp3) is 0.486. The van der Waals surface area contributed by atoms with Gasteiger partial charge >= 0.3 is 11.9 Å². The van der Waals surface area contributed by atoms with Crippen molar-refractivity contribution >= 4 is 17.0 Å². The second-order valence-corrected chi connectivity index (χ2v) is 14.7. The molecule has 10 nitrogen and oxygen atoms in total. The smallest absolute Gasteiger partial charge is 0.375 e. The Kier molecular flexibility index (Phi) is 13.4. The van der Waals surface area contributed by atoms with Crippen molar-refractivity contribution in [3.05, 3.63) is 93.2 Å². The van der Waals surface area contributed by atoms with Gasteiger partial charge in [0, 0.05) is 41.3 Å². The number of H-pyrrole nitrogens is 1. The van der Waals surface area contributed by atoms with E-state index in [4.69, 9.17) is 21.9 Å². The molecule has 8 N–H and O–H groups in total. The SMILES string of the molecule is C[C@H](N)COCc1cc(C(C)(C)C)cc(C(F)(F)F)c1.C[C@H](NCCCN=C(N)N)c1ccc(-n2cc3cc(C(C)(C)C)[nH]c3nc2=O)cc1. The van der Waals surface area contributed by atoms with Crippen LogP contribution in [0.1, 0.15) is 95.8 Å². The number of aliphatic imine (C=N–C) groups is 1. The Labute approximate surface area is 292 Å². The van der Waals surface area contributed by atoms with Gasteiger partial charge in [0.1, 0.15) is 5.65 Å². The standard InChI is InChI=1S/C22H31N7O.C15H22F3NO/c1-14(25-10-5-11-26-20(23)24)15-6-8-17(9-7-15)29-13-16-12-18(22(2,3)4)27-19(16)28-21(29)30;1-10(19)8-20-9-11-5-12(14(2,3)4)7-13(6-11)15(16,17)18/h6-9,12-14,25H,5,10-11H2,1-4H3,(H4,23,24,26)(H,27,28,30);5-7,10H,8-9,19H2,1-4H3/t14-;10-/m00/s1. The number of rotatable bonds is 11. The summed E-state index contributed by atoms with van der Waals surface area (Å²) < 4.78 is 45.7. The maximum atomic E-state index is 12.9. The van der Waals surface area contributed by atoms with Gasteiger partial charge in [-0.1, -0.05) is 59.7 Å². The summed E-state index contributed by atoms with van der Waals surface area (Å²) in [5.41, 5.74) is 19.6. The molecule has 0 spiro atoms. The van der Waals surface area contributed by atoms with Crippen LogP contribution in [0.5, 0.6) is 0 Å². The number of hydrogen-bond acceptors (Lipinski definition) is 6. The van der Waals surface area contributed by atoms with Crippen molar-refractivity contribution in [1.29, 1.82) is 0 Å². The highest BCUT2D eigenvalue weighted by Crippen LogP contribution is 2.34. The molecule has 0 saturated heterocycles. The van der Waals surface area contributed by atoms with E-state index in [-0.39, 0.29) is 41.2 Å². The van der Waals surface area contributed by atoms with Crippen molar-refractivity contribution in [2.45, 2.75) is 97.5 Å².